The Morgan fingerprint density at radius 1 is 1.29 bits per heavy atom. The first kappa shape index (κ1) is 16.2. The predicted molar refractivity (Wildman–Crippen MR) is 83.7 cm³/mol. The van der Waals surface area contributed by atoms with Crippen molar-refractivity contribution in [2.24, 2.45) is 5.41 Å². The molecule has 0 saturated heterocycles. The molecule has 2 N–H and O–H groups in total. The third-order valence-electron chi connectivity index (χ3n) is 3.83. The van der Waals surface area contributed by atoms with E-state index >= 15 is 0 Å². The van der Waals surface area contributed by atoms with Gasteiger partial charge in [-0.15, -0.1) is 11.8 Å². The second kappa shape index (κ2) is 7.18. The molecule has 1 aromatic carbocycles. The average molecular weight is 328 g/mol. The van der Waals surface area contributed by atoms with E-state index in [2.05, 4.69) is 5.32 Å². The molecule has 21 heavy (non-hydrogen) atoms. The normalized spacial score (nSPS) is 16.6. The van der Waals surface area contributed by atoms with Crippen LogP contribution in [0.4, 0.5) is 0 Å². The van der Waals surface area contributed by atoms with Crippen LogP contribution in [0.5, 0.6) is 0 Å². The molecule has 0 aliphatic heterocycles. The molecule has 1 aromatic rings. The largest absolute Gasteiger partial charge is 0.481 e. The monoisotopic (exact) mass is 327 g/mol. The quantitative estimate of drug-likeness (QED) is 0.787. The zero-order chi connectivity index (χ0) is 15.3. The molecule has 0 atom stereocenters. The smallest absolute Gasteiger partial charge is 0.311 e. The first-order valence-electron chi connectivity index (χ1n) is 6.91. The van der Waals surface area contributed by atoms with Gasteiger partial charge in [-0.25, -0.2) is 0 Å². The summed E-state index contributed by atoms with van der Waals surface area (Å²) in [5.74, 6) is -0.731. The molecule has 6 heteroatoms. The Bertz CT molecular complexity index is 529. The molecule has 1 fully saturated rings. The van der Waals surface area contributed by atoms with E-state index in [0.29, 0.717) is 17.9 Å². The van der Waals surface area contributed by atoms with Gasteiger partial charge in [-0.3, -0.25) is 9.59 Å². The molecule has 0 unspecified atom stereocenters. The summed E-state index contributed by atoms with van der Waals surface area (Å²) < 4.78 is 0. The van der Waals surface area contributed by atoms with Crippen LogP contribution in [-0.2, 0) is 9.59 Å². The van der Waals surface area contributed by atoms with Gasteiger partial charge < -0.3 is 10.4 Å². The molecule has 0 heterocycles. The molecule has 2 rings (SSSR count). The molecule has 4 nitrogen and oxygen atoms in total. The van der Waals surface area contributed by atoms with Crippen LogP contribution in [0.25, 0.3) is 0 Å². The van der Waals surface area contributed by atoms with Gasteiger partial charge in [-0.2, -0.15) is 0 Å². The first-order chi connectivity index (χ1) is 10.0. The van der Waals surface area contributed by atoms with Gasteiger partial charge in [0.25, 0.3) is 0 Å². The highest BCUT2D eigenvalue weighted by Crippen LogP contribution is 2.37. The van der Waals surface area contributed by atoms with Crippen LogP contribution < -0.4 is 5.32 Å². The van der Waals surface area contributed by atoms with E-state index in [1.807, 2.05) is 18.2 Å². The van der Waals surface area contributed by atoms with E-state index in [1.165, 1.54) is 11.8 Å². The summed E-state index contributed by atoms with van der Waals surface area (Å²) in [5, 5.41) is 12.7. The number of hydrogen-bond donors (Lipinski definition) is 2. The Morgan fingerprint density at radius 3 is 2.57 bits per heavy atom. The maximum atomic E-state index is 11.9. The Kier molecular flexibility index (Phi) is 5.53. The Hall–Kier alpha value is -1.20. The maximum absolute atomic E-state index is 11.9. The number of aliphatic carboxylic acids is 1. The lowest BCUT2D eigenvalue weighted by molar-refractivity contribution is -0.148. The fraction of sp³-hybridized carbons (Fsp3) is 0.467. The number of benzene rings is 1. The molecule has 0 bridgehead atoms. The van der Waals surface area contributed by atoms with Crippen molar-refractivity contribution >= 4 is 35.2 Å². The number of hydrogen-bond acceptors (Lipinski definition) is 3. The van der Waals surface area contributed by atoms with Crippen molar-refractivity contribution in [3.63, 3.8) is 0 Å². The molecular weight excluding hydrogens is 310 g/mol. The number of carbonyl (C=O) groups is 2. The lowest BCUT2D eigenvalue weighted by Gasteiger charge is -2.23. The predicted octanol–water partition coefficient (Wildman–Crippen LogP) is 3.19. The highest BCUT2D eigenvalue weighted by atomic mass is 35.5. The van der Waals surface area contributed by atoms with Crippen molar-refractivity contribution in [3.8, 4) is 0 Å². The summed E-state index contributed by atoms with van der Waals surface area (Å²) in [6.45, 7) is 0.213. The summed E-state index contributed by atoms with van der Waals surface area (Å²) >= 11 is 7.38. The number of nitrogens with one attached hydrogen (secondary N) is 1. The topological polar surface area (TPSA) is 66.4 Å². The summed E-state index contributed by atoms with van der Waals surface area (Å²) in [7, 11) is 0. The van der Waals surface area contributed by atoms with E-state index in [1.54, 1.807) is 6.07 Å². The molecule has 0 aromatic heterocycles. The van der Waals surface area contributed by atoms with Gasteiger partial charge >= 0.3 is 5.97 Å². The zero-order valence-electron chi connectivity index (χ0n) is 11.6. The molecule has 0 radical (unpaired) electrons. The van der Waals surface area contributed by atoms with E-state index in [-0.39, 0.29) is 18.2 Å². The zero-order valence-corrected chi connectivity index (χ0v) is 13.2. The van der Waals surface area contributed by atoms with Crippen LogP contribution in [-0.4, -0.2) is 29.3 Å². The van der Waals surface area contributed by atoms with Crippen LogP contribution in [0.2, 0.25) is 5.02 Å². The van der Waals surface area contributed by atoms with Crippen molar-refractivity contribution in [1.29, 1.82) is 0 Å². The summed E-state index contributed by atoms with van der Waals surface area (Å²) in [6.07, 6.45) is 3.10. The third kappa shape index (κ3) is 4.14. The fourth-order valence-corrected chi connectivity index (χ4v) is 3.61. The van der Waals surface area contributed by atoms with Crippen LogP contribution >= 0.6 is 23.4 Å². The number of carboxylic acid groups (broad SMARTS) is 1. The van der Waals surface area contributed by atoms with Crippen molar-refractivity contribution in [2.75, 3.05) is 12.3 Å². The summed E-state index contributed by atoms with van der Waals surface area (Å²) in [4.78, 5) is 24.1. The lowest BCUT2D eigenvalue weighted by Crippen LogP contribution is -2.41. The van der Waals surface area contributed by atoms with Gasteiger partial charge in [-0.1, -0.05) is 36.6 Å². The standard InChI is InChI=1S/C15H18ClNO3S/c16-11-5-1-2-6-12(11)21-9-13(18)17-10-15(14(19)20)7-3-4-8-15/h1-2,5-6H,3-4,7-10H2,(H,17,18)(H,19,20). The number of thioether (sulfide) groups is 1. The molecule has 1 aliphatic carbocycles. The minimum atomic E-state index is -0.806. The molecule has 1 amide bonds. The second-order valence-corrected chi connectivity index (χ2v) is 6.71. The van der Waals surface area contributed by atoms with Crippen LogP contribution in [0.1, 0.15) is 25.7 Å². The van der Waals surface area contributed by atoms with Crippen LogP contribution in [0, 0.1) is 5.41 Å². The third-order valence-corrected chi connectivity index (χ3v) is 5.35. The second-order valence-electron chi connectivity index (χ2n) is 5.29. The number of carboxylic acids is 1. The van der Waals surface area contributed by atoms with Crippen molar-refractivity contribution in [3.05, 3.63) is 29.3 Å². The van der Waals surface area contributed by atoms with Gasteiger partial charge in [0.2, 0.25) is 5.91 Å². The van der Waals surface area contributed by atoms with E-state index in [4.69, 9.17) is 11.6 Å². The average Bonchev–Trinajstić information content (AvgIpc) is 2.94. The van der Waals surface area contributed by atoms with E-state index in [9.17, 15) is 14.7 Å². The number of carbonyl (C=O) groups excluding carboxylic acids is 1. The van der Waals surface area contributed by atoms with Crippen molar-refractivity contribution in [1.82, 2.24) is 5.32 Å². The summed E-state index contributed by atoms with van der Waals surface area (Å²) in [6, 6.07) is 7.34. The highest BCUT2D eigenvalue weighted by Gasteiger charge is 2.41. The van der Waals surface area contributed by atoms with Gasteiger partial charge in [-0.05, 0) is 25.0 Å². The SMILES string of the molecule is O=C(CSc1ccccc1Cl)NCC1(C(=O)O)CCCC1. The molecule has 0 spiro atoms. The van der Waals surface area contributed by atoms with Gasteiger partial charge in [0, 0.05) is 11.4 Å². The molecular formula is C15H18ClNO3S. The highest BCUT2D eigenvalue weighted by molar-refractivity contribution is 8.00. The molecule has 114 valence electrons. The van der Waals surface area contributed by atoms with Crippen LogP contribution in [0.3, 0.4) is 0 Å². The van der Waals surface area contributed by atoms with Crippen molar-refractivity contribution < 1.29 is 14.7 Å². The number of halogens is 1. The summed E-state index contributed by atoms with van der Waals surface area (Å²) in [5.41, 5.74) is -0.773. The fourth-order valence-electron chi connectivity index (χ4n) is 2.54. The lowest BCUT2D eigenvalue weighted by atomic mass is 9.86. The van der Waals surface area contributed by atoms with Gasteiger partial charge in [0.05, 0.1) is 16.2 Å². The number of amides is 1. The Labute approximate surface area is 133 Å². The first-order valence-corrected chi connectivity index (χ1v) is 8.27. The van der Waals surface area contributed by atoms with Crippen molar-refractivity contribution in [2.45, 2.75) is 30.6 Å². The Morgan fingerprint density at radius 2 is 1.95 bits per heavy atom. The maximum Gasteiger partial charge on any atom is 0.311 e. The minimum Gasteiger partial charge on any atom is -0.481 e. The Balaban J connectivity index is 1.82. The molecule has 1 saturated carbocycles. The van der Waals surface area contributed by atoms with Gasteiger partial charge in [0.1, 0.15) is 0 Å². The minimum absolute atomic E-state index is 0.160. The van der Waals surface area contributed by atoms with Gasteiger partial charge in [0.15, 0.2) is 0 Å². The van der Waals surface area contributed by atoms with E-state index < -0.39 is 11.4 Å². The molecule has 1 aliphatic rings. The number of rotatable bonds is 6. The van der Waals surface area contributed by atoms with E-state index in [0.717, 1.165) is 17.7 Å². The van der Waals surface area contributed by atoms with Crippen LogP contribution in [0.15, 0.2) is 29.2 Å².